The van der Waals surface area contributed by atoms with Gasteiger partial charge in [0.2, 0.25) is 5.95 Å². The average Bonchev–Trinajstić information content (AvgIpc) is 2.89. The molecule has 1 N–H and O–H groups in total. The molecule has 0 spiro atoms. The van der Waals surface area contributed by atoms with Crippen molar-refractivity contribution in [2.75, 3.05) is 11.9 Å². The monoisotopic (exact) mass is 263 g/mol. The number of imidazole rings is 1. The maximum atomic E-state index is 4.52. The SMILES string of the molecule is CCNc1nc(C)cn1CC(C)(C)c1cccs1. The van der Waals surface area contributed by atoms with Gasteiger partial charge in [-0.2, -0.15) is 0 Å². The fourth-order valence-corrected chi connectivity index (χ4v) is 2.98. The Kier molecular flexibility index (Phi) is 3.76. The van der Waals surface area contributed by atoms with E-state index in [1.807, 2.05) is 18.3 Å². The highest BCUT2D eigenvalue weighted by atomic mass is 32.1. The molecule has 0 amide bonds. The molecule has 0 aliphatic rings. The molecule has 0 aliphatic carbocycles. The summed E-state index contributed by atoms with van der Waals surface area (Å²) >= 11 is 1.82. The third-order valence-corrected chi connectivity index (χ3v) is 4.22. The molecule has 0 fully saturated rings. The number of rotatable bonds is 5. The molecule has 0 unspecified atom stereocenters. The van der Waals surface area contributed by atoms with Gasteiger partial charge < -0.3 is 9.88 Å². The minimum atomic E-state index is 0.130. The van der Waals surface area contributed by atoms with E-state index in [4.69, 9.17) is 0 Å². The molecule has 0 radical (unpaired) electrons. The first kappa shape index (κ1) is 13.1. The van der Waals surface area contributed by atoms with Crippen LogP contribution in [0.4, 0.5) is 5.95 Å². The van der Waals surface area contributed by atoms with Gasteiger partial charge in [-0.05, 0) is 25.3 Å². The van der Waals surface area contributed by atoms with Gasteiger partial charge in [0.25, 0.3) is 0 Å². The lowest BCUT2D eigenvalue weighted by atomic mass is 9.91. The zero-order valence-electron chi connectivity index (χ0n) is 11.5. The second kappa shape index (κ2) is 5.14. The summed E-state index contributed by atoms with van der Waals surface area (Å²) in [7, 11) is 0. The Hall–Kier alpha value is -1.29. The summed E-state index contributed by atoms with van der Waals surface area (Å²) in [4.78, 5) is 5.93. The Morgan fingerprint density at radius 2 is 2.22 bits per heavy atom. The van der Waals surface area contributed by atoms with Crippen molar-refractivity contribution in [2.24, 2.45) is 0 Å². The first-order chi connectivity index (χ1) is 8.53. The number of aromatic nitrogens is 2. The number of hydrogen-bond acceptors (Lipinski definition) is 3. The molecule has 4 heteroatoms. The number of nitrogens with one attached hydrogen (secondary N) is 1. The quantitative estimate of drug-likeness (QED) is 0.892. The summed E-state index contributed by atoms with van der Waals surface area (Å²) in [6.07, 6.45) is 2.12. The lowest BCUT2D eigenvalue weighted by Gasteiger charge is -2.24. The van der Waals surface area contributed by atoms with Crippen LogP contribution in [0, 0.1) is 6.92 Å². The molecule has 2 aromatic heterocycles. The van der Waals surface area contributed by atoms with Gasteiger partial charge in [-0.15, -0.1) is 11.3 Å². The number of thiophene rings is 1. The zero-order chi connectivity index (χ0) is 13.2. The van der Waals surface area contributed by atoms with E-state index in [1.165, 1.54) is 4.88 Å². The topological polar surface area (TPSA) is 29.9 Å². The van der Waals surface area contributed by atoms with E-state index < -0.39 is 0 Å². The van der Waals surface area contributed by atoms with Gasteiger partial charge in [-0.3, -0.25) is 0 Å². The average molecular weight is 263 g/mol. The molecule has 0 aliphatic heterocycles. The molecule has 18 heavy (non-hydrogen) atoms. The van der Waals surface area contributed by atoms with Crippen LogP contribution in [0.25, 0.3) is 0 Å². The molecule has 2 aromatic rings. The van der Waals surface area contributed by atoms with Crippen LogP contribution in [0.15, 0.2) is 23.7 Å². The number of anilines is 1. The predicted molar refractivity (Wildman–Crippen MR) is 78.5 cm³/mol. The molecular formula is C14H21N3S. The number of hydrogen-bond donors (Lipinski definition) is 1. The van der Waals surface area contributed by atoms with Gasteiger partial charge >= 0.3 is 0 Å². The summed E-state index contributed by atoms with van der Waals surface area (Å²) in [5.74, 6) is 0.972. The van der Waals surface area contributed by atoms with E-state index >= 15 is 0 Å². The summed E-state index contributed by atoms with van der Waals surface area (Å²) < 4.78 is 2.22. The second-order valence-corrected chi connectivity index (χ2v) is 6.17. The molecule has 0 bridgehead atoms. The smallest absolute Gasteiger partial charge is 0.203 e. The van der Waals surface area contributed by atoms with Gasteiger partial charge in [-0.25, -0.2) is 4.98 Å². The van der Waals surface area contributed by atoms with Crippen LogP contribution in [-0.2, 0) is 12.0 Å². The van der Waals surface area contributed by atoms with Crippen LogP contribution in [-0.4, -0.2) is 16.1 Å². The summed E-state index contributed by atoms with van der Waals surface area (Å²) in [6, 6.07) is 4.33. The van der Waals surface area contributed by atoms with Crippen LogP contribution < -0.4 is 5.32 Å². The Morgan fingerprint density at radius 1 is 1.44 bits per heavy atom. The Labute approximate surface area is 113 Å². The Morgan fingerprint density at radius 3 is 2.83 bits per heavy atom. The third-order valence-electron chi connectivity index (χ3n) is 2.99. The molecule has 0 saturated carbocycles. The zero-order valence-corrected chi connectivity index (χ0v) is 12.3. The van der Waals surface area contributed by atoms with Gasteiger partial charge in [0.05, 0.1) is 5.69 Å². The number of aryl methyl sites for hydroxylation is 1. The van der Waals surface area contributed by atoms with Crippen molar-refractivity contribution < 1.29 is 0 Å². The fourth-order valence-electron chi connectivity index (χ4n) is 2.13. The molecule has 0 saturated heterocycles. The lowest BCUT2D eigenvalue weighted by molar-refractivity contribution is 0.445. The van der Waals surface area contributed by atoms with Crippen LogP contribution in [0.1, 0.15) is 31.3 Å². The van der Waals surface area contributed by atoms with Crippen molar-refractivity contribution in [1.29, 1.82) is 0 Å². The van der Waals surface area contributed by atoms with Crippen molar-refractivity contribution >= 4 is 17.3 Å². The van der Waals surface area contributed by atoms with E-state index in [9.17, 15) is 0 Å². The predicted octanol–water partition coefficient (Wildman–Crippen LogP) is 3.66. The Bertz CT molecular complexity index is 497. The molecule has 2 rings (SSSR count). The molecule has 0 atom stereocenters. The maximum absolute atomic E-state index is 4.52. The Balaban J connectivity index is 2.23. The van der Waals surface area contributed by atoms with Gasteiger partial charge in [0, 0.05) is 29.6 Å². The maximum Gasteiger partial charge on any atom is 0.203 e. The molecule has 3 nitrogen and oxygen atoms in total. The van der Waals surface area contributed by atoms with Gasteiger partial charge in [0.15, 0.2) is 0 Å². The second-order valence-electron chi connectivity index (χ2n) is 5.23. The molecule has 0 aromatic carbocycles. The van der Waals surface area contributed by atoms with E-state index in [0.717, 1.165) is 24.7 Å². The minimum Gasteiger partial charge on any atom is -0.356 e. The van der Waals surface area contributed by atoms with E-state index in [1.54, 1.807) is 0 Å². The summed E-state index contributed by atoms with van der Waals surface area (Å²) in [6.45, 7) is 10.5. The van der Waals surface area contributed by atoms with Gasteiger partial charge in [0.1, 0.15) is 0 Å². The normalized spacial score (nSPS) is 11.8. The van der Waals surface area contributed by atoms with Crippen LogP contribution in [0.2, 0.25) is 0 Å². The van der Waals surface area contributed by atoms with Crippen molar-refractivity contribution in [3.05, 3.63) is 34.3 Å². The lowest BCUT2D eigenvalue weighted by Crippen LogP contribution is -2.24. The first-order valence-electron chi connectivity index (χ1n) is 6.34. The minimum absolute atomic E-state index is 0.130. The fraction of sp³-hybridized carbons (Fsp3) is 0.500. The highest BCUT2D eigenvalue weighted by Gasteiger charge is 2.23. The van der Waals surface area contributed by atoms with Crippen molar-refractivity contribution in [3.63, 3.8) is 0 Å². The summed E-state index contributed by atoms with van der Waals surface area (Å²) in [5, 5.41) is 5.46. The van der Waals surface area contributed by atoms with Crippen LogP contribution >= 0.6 is 11.3 Å². The first-order valence-corrected chi connectivity index (χ1v) is 7.22. The highest BCUT2D eigenvalue weighted by Crippen LogP contribution is 2.30. The van der Waals surface area contributed by atoms with E-state index in [-0.39, 0.29) is 5.41 Å². The standard InChI is InChI=1S/C14H21N3S/c1-5-15-13-16-11(2)9-17(13)10-14(3,4)12-7-6-8-18-12/h6-9H,5,10H2,1-4H3,(H,15,16). The van der Waals surface area contributed by atoms with Crippen molar-refractivity contribution in [1.82, 2.24) is 9.55 Å². The highest BCUT2D eigenvalue weighted by molar-refractivity contribution is 7.10. The third kappa shape index (κ3) is 2.75. The molecular weight excluding hydrogens is 242 g/mol. The van der Waals surface area contributed by atoms with Crippen LogP contribution in [0.3, 0.4) is 0 Å². The van der Waals surface area contributed by atoms with E-state index in [0.29, 0.717) is 0 Å². The van der Waals surface area contributed by atoms with E-state index in [2.05, 4.69) is 59.3 Å². The number of nitrogens with zero attached hydrogens (tertiary/aromatic N) is 2. The van der Waals surface area contributed by atoms with Crippen molar-refractivity contribution in [2.45, 2.75) is 39.7 Å². The molecule has 2 heterocycles. The van der Waals surface area contributed by atoms with Crippen molar-refractivity contribution in [3.8, 4) is 0 Å². The summed E-state index contributed by atoms with van der Waals surface area (Å²) in [5.41, 5.74) is 1.19. The van der Waals surface area contributed by atoms with Crippen LogP contribution in [0.5, 0.6) is 0 Å². The molecule has 98 valence electrons. The van der Waals surface area contributed by atoms with Gasteiger partial charge in [-0.1, -0.05) is 19.9 Å². The largest absolute Gasteiger partial charge is 0.356 e.